The molecular formula is C15H21ClN2O. The van der Waals surface area contributed by atoms with Crippen LogP contribution in [-0.4, -0.2) is 30.4 Å². The quantitative estimate of drug-likeness (QED) is 0.916. The second-order valence-electron chi connectivity index (χ2n) is 5.16. The van der Waals surface area contributed by atoms with E-state index in [1.807, 2.05) is 19.1 Å². The number of hydrogen-bond donors (Lipinski definition) is 1. The zero-order valence-corrected chi connectivity index (χ0v) is 12.2. The molecule has 1 aromatic rings. The number of hydrogen-bond acceptors (Lipinski definition) is 2. The summed E-state index contributed by atoms with van der Waals surface area (Å²) in [4.78, 5) is 14.2. The van der Waals surface area contributed by atoms with Gasteiger partial charge in [-0.25, -0.2) is 0 Å². The summed E-state index contributed by atoms with van der Waals surface area (Å²) in [5, 5.41) is 3.59. The maximum absolute atomic E-state index is 11.9. The lowest BCUT2D eigenvalue weighted by atomic mass is 10.1. The number of halogens is 1. The lowest BCUT2D eigenvalue weighted by molar-refractivity contribution is -0.116. The van der Waals surface area contributed by atoms with Crippen LogP contribution < -0.4 is 5.32 Å². The number of benzene rings is 1. The van der Waals surface area contributed by atoms with Gasteiger partial charge < -0.3 is 10.2 Å². The molecule has 2 rings (SSSR count). The number of nitrogens with one attached hydrogen (secondary N) is 1. The second kappa shape index (κ2) is 6.92. The third kappa shape index (κ3) is 4.51. The Balaban J connectivity index is 1.78. The molecule has 1 aromatic carbocycles. The fraction of sp³-hybridized carbons (Fsp3) is 0.533. The van der Waals surface area contributed by atoms with Crippen LogP contribution >= 0.6 is 11.6 Å². The second-order valence-corrected chi connectivity index (χ2v) is 5.57. The molecule has 1 amide bonds. The van der Waals surface area contributed by atoms with Gasteiger partial charge in [-0.2, -0.15) is 0 Å². The number of rotatable bonds is 4. The van der Waals surface area contributed by atoms with Gasteiger partial charge in [0.25, 0.3) is 0 Å². The highest BCUT2D eigenvalue weighted by molar-refractivity contribution is 6.31. The van der Waals surface area contributed by atoms with Gasteiger partial charge in [0, 0.05) is 23.7 Å². The Morgan fingerprint density at radius 1 is 1.32 bits per heavy atom. The lowest BCUT2D eigenvalue weighted by Crippen LogP contribution is -2.32. The van der Waals surface area contributed by atoms with Crippen molar-refractivity contribution in [1.29, 1.82) is 0 Å². The third-order valence-electron chi connectivity index (χ3n) is 3.56. The van der Waals surface area contributed by atoms with Crippen molar-refractivity contribution in [3.63, 3.8) is 0 Å². The predicted molar refractivity (Wildman–Crippen MR) is 79.7 cm³/mol. The van der Waals surface area contributed by atoms with E-state index in [1.54, 1.807) is 6.07 Å². The molecule has 1 aliphatic rings. The number of piperidine rings is 1. The maximum Gasteiger partial charge on any atom is 0.225 e. The molecule has 0 aromatic heterocycles. The van der Waals surface area contributed by atoms with Crippen LogP contribution in [0.25, 0.3) is 0 Å². The van der Waals surface area contributed by atoms with E-state index in [-0.39, 0.29) is 5.91 Å². The van der Waals surface area contributed by atoms with Crippen LogP contribution in [0.2, 0.25) is 5.02 Å². The van der Waals surface area contributed by atoms with Crippen molar-refractivity contribution in [3.8, 4) is 0 Å². The van der Waals surface area contributed by atoms with Gasteiger partial charge in [-0.1, -0.05) is 24.1 Å². The number of carbonyl (C=O) groups excluding carboxylic acids is 1. The van der Waals surface area contributed by atoms with Crippen LogP contribution in [-0.2, 0) is 4.79 Å². The minimum absolute atomic E-state index is 0.0606. The molecule has 104 valence electrons. The zero-order chi connectivity index (χ0) is 13.7. The summed E-state index contributed by atoms with van der Waals surface area (Å²) in [6, 6.07) is 5.61. The summed E-state index contributed by atoms with van der Waals surface area (Å²) < 4.78 is 0. The first-order valence-corrected chi connectivity index (χ1v) is 7.31. The normalized spacial score (nSPS) is 16.3. The largest absolute Gasteiger partial charge is 0.326 e. The highest BCUT2D eigenvalue weighted by atomic mass is 35.5. The summed E-state index contributed by atoms with van der Waals surface area (Å²) in [6.45, 7) is 5.06. The average Bonchev–Trinajstić information content (AvgIpc) is 2.42. The SMILES string of the molecule is Cc1ccc(NC(=O)CCN2CCCCC2)cc1Cl. The Morgan fingerprint density at radius 3 is 2.74 bits per heavy atom. The van der Waals surface area contributed by atoms with E-state index in [4.69, 9.17) is 11.6 Å². The fourth-order valence-electron chi connectivity index (χ4n) is 2.34. The predicted octanol–water partition coefficient (Wildman–Crippen LogP) is 3.46. The topological polar surface area (TPSA) is 32.3 Å². The van der Waals surface area contributed by atoms with E-state index in [9.17, 15) is 4.79 Å². The molecule has 0 radical (unpaired) electrons. The van der Waals surface area contributed by atoms with Crippen molar-refractivity contribution in [2.24, 2.45) is 0 Å². The molecule has 1 saturated heterocycles. The van der Waals surface area contributed by atoms with Crippen molar-refractivity contribution in [2.45, 2.75) is 32.6 Å². The van der Waals surface area contributed by atoms with Crippen molar-refractivity contribution in [1.82, 2.24) is 4.90 Å². The van der Waals surface area contributed by atoms with Crippen LogP contribution in [0.3, 0.4) is 0 Å². The van der Waals surface area contributed by atoms with Gasteiger partial charge >= 0.3 is 0 Å². The number of amides is 1. The summed E-state index contributed by atoms with van der Waals surface area (Å²) >= 11 is 6.04. The molecule has 0 unspecified atom stereocenters. The van der Waals surface area contributed by atoms with Crippen molar-refractivity contribution in [3.05, 3.63) is 28.8 Å². The minimum atomic E-state index is 0.0606. The van der Waals surface area contributed by atoms with Crippen LogP contribution in [0.1, 0.15) is 31.2 Å². The van der Waals surface area contributed by atoms with E-state index in [0.29, 0.717) is 11.4 Å². The Labute approximate surface area is 119 Å². The smallest absolute Gasteiger partial charge is 0.225 e. The molecule has 0 bridgehead atoms. The molecular weight excluding hydrogens is 260 g/mol. The summed E-state index contributed by atoms with van der Waals surface area (Å²) in [7, 11) is 0. The Kier molecular flexibility index (Phi) is 5.23. The number of nitrogens with zero attached hydrogens (tertiary/aromatic N) is 1. The van der Waals surface area contributed by atoms with Crippen LogP contribution in [0.5, 0.6) is 0 Å². The number of anilines is 1. The lowest BCUT2D eigenvalue weighted by Gasteiger charge is -2.25. The van der Waals surface area contributed by atoms with Gasteiger partial charge in [-0.3, -0.25) is 4.79 Å². The monoisotopic (exact) mass is 280 g/mol. The van der Waals surface area contributed by atoms with E-state index < -0.39 is 0 Å². The highest BCUT2D eigenvalue weighted by Crippen LogP contribution is 2.20. The molecule has 1 fully saturated rings. The van der Waals surface area contributed by atoms with Crippen molar-refractivity contribution < 1.29 is 4.79 Å². The van der Waals surface area contributed by atoms with E-state index in [0.717, 1.165) is 30.9 Å². The van der Waals surface area contributed by atoms with Gasteiger partial charge in [0.1, 0.15) is 0 Å². The van der Waals surface area contributed by atoms with Gasteiger partial charge in [0.15, 0.2) is 0 Å². The van der Waals surface area contributed by atoms with E-state index >= 15 is 0 Å². The number of aryl methyl sites for hydroxylation is 1. The van der Waals surface area contributed by atoms with Crippen LogP contribution in [0, 0.1) is 6.92 Å². The van der Waals surface area contributed by atoms with Crippen molar-refractivity contribution >= 4 is 23.2 Å². The first kappa shape index (κ1) is 14.4. The van der Waals surface area contributed by atoms with E-state index in [2.05, 4.69) is 10.2 Å². The molecule has 1 aliphatic heterocycles. The molecule has 0 saturated carbocycles. The summed E-state index contributed by atoms with van der Waals surface area (Å²) in [5.74, 6) is 0.0606. The molecule has 0 atom stereocenters. The molecule has 0 spiro atoms. The van der Waals surface area contributed by atoms with Crippen LogP contribution in [0.15, 0.2) is 18.2 Å². The summed E-state index contributed by atoms with van der Waals surface area (Å²) in [6.07, 6.45) is 4.39. The standard InChI is InChI=1S/C15H21ClN2O/c1-12-5-6-13(11-14(12)16)17-15(19)7-10-18-8-3-2-4-9-18/h5-6,11H,2-4,7-10H2,1H3,(H,17,19). The van der Waals surface area contributed by atoms with E-state index in [1.165, 1.54) is 19.3 Å². The first-order chi connectivity index (χ1) is 9.15. The molecule has 1 N–H and O–H groups in total. The molecule has 0 aliphatic carbocycles. The number of likely N-dealkylation sites (tertiary alicyclic amines) is 1. The van der Waals surface area contributed by atoms with Gasteiger partial charge in [0.2, 0.25) is 5.91 Å². The fourth-order valence-corrected chi connectivity index (χ4v) is 2.52. The van der Waals surface area contributed by atoms with Crippen LogP contribution in [0.4, 0.5) is 5.69 Å². The third-order valence-corrected chi connectivity index (χ3v) is 3.97. The highest BCUT2D eigenvalue weighted by Gasteiger charge is 2.11. The zero-order valence-electron chi connectivity index (χ0n) is 11.4. The summed E-state index contributed by atoms with van der Waals surface area (Å²) in [5.41, 5.74) is 1.80. The van der Waals surface area contributed by atoms with Gasteiger partial charge in [-0.05, 0) is 50.6 Å². The van der Waals surface area contributed by atoms with Gasteiger partial charge in [-0.15, -0.1) is 0 Å². The average molecular weight is 281 g/mol. The Bertz CT molecular complexity index is 442. The Morgan fingerprint density at radius 2 is 2.05 bits per heavy atom. The minimum Gasteiger partial charge on any atom is -0.326 e. The maximum atomic E-state index is 11.9. The molecule has 1 heterocycles. The first-order valence-electron chi connectivity index (χ1n) is 6.93. The van der Waals surface area contributed by atoms with Gasteiger partial charge in [0.05, 0.1) is 0 Å². The molecule has 19 heavy (non-hydrogen) atoms. The Hall–Kier alpha value is -1.06. The molecule has 3 nitrogen and oxygen atoms in total. The number of carbonyl (C=O) groups is 1. The molecule has 4 heteroatoms. The van der Waals surface area contributed by atoms with Crippen molar-refractivity contribution in [2.75, 3.05) is 25.0 Å².